The molecule has 8 nitrogen and oxygen atoms in total. The minimum Gasteiger partial charge on any atom is -0.348 e. The first-order chi connectivity index (χ1) is 12.0. The SMILES string of the molecule is Cc1noc(-c2ccccc2C(=O)NCc2cnc(N(C)C)n2C)n1. The minimum absolute atomic E-state index is 0.209. The lowest BCUT2D eigenvalue weighted by Crippen LogP contribution is -2.25. The molecule has 130 valence electrons. The first kappa shape index (κ1) is 16.7. The summed E-state index contributed by atoms with van der Waals surface area (Å²) < 4.78 is 7.13. The molecule has 3 aromatic rings. The zero-order chi connectivity index (χ0) is 18.0. The van der Waals surface area contributed by atoms with Crippen molar-refractivity contribution in [1.82, 2.24) is 25.0 Å². The second kappa shape index (κ2) is 6.76. The first-order valence-corrected chi connectivity index (χ1v) is 7.83. The molecule has 0 aliphatic carbocycles. The van der Waals surface area contributed by atoms with Gasteiger partial charge in [-0.25, -0.2) is 4.98 Å². The van der Waals surface area contributed by atoms with Crippen molar-refractivity contribution in [3.05, 3.63) is 47.5 Å². The smallest absolute Gasteiger partial charge is 0.258 e. The van der Waals surface area contributed by atoms with Crippen LogP contribution < -0.4 is 10.2 Å². The zero-order valence-electron chi connectivity index (χ0n) is 14.6. The van der Waals surface area contributed by atoms with E-state index in [4.69, 9.17) is 4.52 Å². The van der Waals surface area contributed by atoms with Crippen molar-refractivity contribution in [3.8, 4) is 11.5 Å². The highest BCUT2D eigenvalue weighted by Crippen LogP contribution is 2.22. The normalized spacial score (nSPS) is 10.7. The van der Waals surface area contributed by atoms with Gasteiger partial charge in [-0.05, 0) is 19.1 Å². The van der Waals surface area contributed by atoms with Crippen molar-refractivity contribution < 1.29 is 9.32 Å². The standard InChI is InChI=1S/C17H20N6O2/c1-11-20-16(25-21-11)14-8-6-5-7-13(14)15(24)18-9-12-10-19-17(22(2)3)23(12)4/h5-8,10H,9H2,1-4H3,(H,18,24). The number of carbonyl (C=O) groups excluding carboxylic acids is 1. The first-order valence-electron chi connectivity index (χ1n) is 7.83. The van der Waals surface area contributed by atoms with Crippen molar-refractivity contribution in [3.63, 3.8) is 0 Å². The van der Waals surface area contributed by atoms with Crippen molar-refractivity contribution in [2.45, 2.75) is 13.5 Å². The Morgan fingerprint density at radius 3 is 2.72 bits per heavy atom. The third-order valence-corrected chi connectivity index (χ3v) is 3.82. The van der Waals surface area contributed by atoms with Gasteiger partial charge in [0.1, 0.15) is 0 Å². The number of amides is 1. The van der Waals surface area contributed by atoms with E-state index in [1.54, 1.807) is 31.3 Å². The van der Waals surface area contributed by atoms with Crippen LogP contribution in [0.1, 0.15) is 21.9 Å². The van der Waals surface area contributed by atoms with Crippen LogP contribution in [0.2, 0.25) is 0 Å². The van der Waals surface area contributed by atoms with Gasteiger partial charge in [0.15, 0.2) is 5.82 Å². The summed E-state index contributed by atoms with van der Waals surface area (Å²) in [6, 6.07) is 7.15. The molecule has 0 atom stereocenters. The van der Waals surface area contributed by atoms with Gasteiger partial charge in [-0.1, -0.05) is 17.3 Å². The van der Waals surface area contributed by atoms with Crippen molar-refractivity contribution in [2.75, 3.05) is 19.0 Å². The lowest BCUT2D eigenvalue weighted by Gasteiger charge is -2.13. The average molecular weight is 340 g/mol. The number of hydrogen-bond acceptors (Lipinski definition) is 6. The number of aromatic nitrogens is 4. The maximum Gasteiger partial charge on any atom is 0.258 e. The molecule has 25 heavy (non-hydrogen) atoms. The summed E-state index contributed by atoms with van der Waals surface area (Å²) in [5.74, 6) is 1.47. The van der Waals surface area contributed by atoms with E-state index >= 15 is 0 Å². The van der Waals surface area contributed by atoms with Crippen LogP contribution in [0, 0.1) is 6.92 Å². The van der Waals surface area contributed by atoms with E-state index in [1.807, 2.05) is 36.7 Å². The number of benzene rings is 1. The van der Waals surface area contributed by atoms with Gasteiger partial charge in [0.2, 0.25) is 5.95 Å². The lowest BCUT2D eigenvalue weighted by atomic mass is 10.1. The molecule has 3 rings (SSSR count). The molecule has 2 aromatic heterocycles. The van der Waals surface area contributed by atoms with Gasteiger partial charge in [0.25, 0.3) is 11.8 Å². The van der Waals surface area contributed by atoms with Gasteiger partial charge in [-0.3, -0.25) is 4.79 Å². The maximum absolute atomic E-state index is 12.6. The Hall–Kier alpha value is -3.16. The van der Waals surface area contributed by atoms with E-state index in [1.165, 1.54) is 0 Å². The van der Waals surface area contributed by atoms with Crippen LogP contribution >= 0.6 is 0 Å². The van der Waals surface area contributed by atoms with Crippen LogP contribution in [0.4, 0.5) is 5.95 Å². The second-order valence-electron chi connectivity index (χ2n) is 5.88. The van der Waals surface area contributed by atoms with Gasteiger partial charge in [0.05, 0.1) is 29.6 Å². The van der Waals surface area contributed by atoms with Gasteiger partial charge >= 0.3 is 0 Å². The Labute approximate surface area is 145 Å². The number of carbonyl (C=O) groups is 1. The molecule has 0 radical (unpaired) electrons. The van der Waals surface area contributed by atoms with Crippen LogP contribution in [0.3, 0.4) is 0 Å². The molecule has 0 saturated carbocycles. The molecule has 0 saturated heterocycles. The highest BCUT2D eigenvalue weighted by Gasteiger charge is 2.17. The zero-order valence-corrected chi connectivity index (χ0v) is 14.6. The summed E-state index contributed by atoms with van der Waals surface area (Å²) in [4.78, 5) is 23.1. The van der Waals surface area contributed by atoms with E-state index in [0.717, 1.165) is 11.6 Å². The van der Waals surface area contributed by atoms with Gasteiger partial charge in [-0.15, -0.1) is 0 Å². The Balaban J connectivity index is 1.79. The summed E-state index contributed by atoms with van der Waals surface area (Å²) in [7, 11) is 5.76. The average Bonchev–Trinajstić information content (AvgIpc) is 3.18. The molecule has 0 aliphatic heterocycles. The highest BCUT2D eigenvalue weighted by molar-refractivity contribution is 5.99. The largest absolute Gasteiger partial charge is 0.348 e. The molecule has 0 fully saturated rings. The van der Waals surface area contributed by atoms with E-state index in [9.17, 15) is 4.79 Å². The number of nitrogens with zero attached hydrogens (tertiary/aromatic N) is 5. The number of anilines is 1. The van der Waals surface area contributed by atoms with Crippen LogP contribution in [0.25, 0.3) is 11.5 Å². The van der Waals surface area contributed by atoms with E-state index in [0.29, 0.717) is 29.4 Å². The summed E-state index contributed by atoms with van der Waals surface area (Å²) in [5.41, 5.74) is 2.00. The fourth-order valence-corrected chi connectivity index (χ4v) is 2.55. The molecule has 0 aliphatic rings. The molecular weight excluding hydrogens is 320 g/mol. The van der Waals surface area contributed by atoms with Gasteiger partial charge in [-0.2, -0.15) is 4.98 Å². The summed E-state index contributed by atoms with van der Waals surface area (Å²) in [6.45, 7) is 2.10. The predicted octanol–water partition coefficient (Wildman–Crippen LogP) is 1.77. The number of hydrogen-bond donors (Lipinski definition) is 1. The molecule has 1 amide bonds. The van der Waals surface area contributed by atoms with Crippen LogP contribution in [0.5, 0.6) is 0 Å². The highest BCUT2D eigenvalue weighted by atomic mass is 16.5. The molecule has 1 aromatic carbocycles. The third-order valence-electron chi connectivity index (χ3n) is 3.82. The number of rotatable bonds is 5. The molecule has 0 unspecified atom stereocenters. The third kappa shape index (κ3) is 3.37. The number of imidazole rings is 1. The molecule has 0 bridgehead atoms. The van der Waals surface area contributed by atoms with Crippen molar-refractivity contribution >= 4 is 11.9 Å². The topological polar surface area (TPSA) is 89.1 Å². The fraction of sp³-hybridized carbons (Fsp3) is 0.294. The predicted molar refractivity (Wildman–Crippen MR) is 93.2 cm³/mol. The van der Waals surface area contributed by atoms with Crippen LogP contribution in [-0.4, -0.2) is 39.7 Å². The maximum atomic E-state index is 12.6. The fourth-order valence-electron chi connectivity index (χ4n) is 2.55. The van der Waals surface area contributed by atoms with Crippen molar-refractivity contribution in [2.24, 2.45) is 7.05 Å². The summed E-state index contributed by atoms with van der Waals surface area (Å²) >= 11 is 0. The molecule has 0 spiro atoms. The van der Waals surface area contributed by atoms with Gasteiger partial charge < -0.3 is 19.3 Å². The van der Waals surface area contributed by atoms with E-state index in [-0.39, 0.29) is 5.91 Å². The van der Waals surface area contributed by atoms with Crippen molar-refractivity contribution in [1.29, 1.82) is 0 Å². The molecular formula is C17H20N6O2. The second-order valence-corrected chi connectivity index (χ2v) is 5.88. The Morgan fingerprint density at radius 1 is 1.32 bits per heavy atom. The minimum atomic E-state index is -0.209. The lowest BCUT2D eigenvalue weighted by molar-refractivity contribution is 0.0950. The van der Waals surface area contributed by atoms with E-state index in [2.05, 4.69) is 20.4 Å². The van der Waals surface area contributed by atoms with E-state index < -0.39 is 0 Å². The number of nitrogens with one attached hydrogen (secondary N) is 1. The Morgan fingerprint density at radius 2 is 2.08 bits per heavy atom. The molecule has 1 N–H and O–H groups in total. The van der Waals surface area contributed by atoms with Crippen LogP contribution in [-0.2, 0) is 13.6 Å². The Bertz CT molecular complexity index is 896. The monoisotopic (exact) mass is 340 g/mol. The molecule has 2 heterocycles. The molecule has 8 heteroatoms. The quantitative estimate of drug-likeness (QED) is 0.761. The summed E-state index contributed by atoms with van der Waals surface area (Å²) in [5, 5.41) is 6.70. The summed E-state index contributed by atoms with van der Waals surface area (Å²) in [6.07, 6.45) is 1.75. The number of aryl methyl sites for hydroxylation is 1. The van der Waals surface area contributed by atoms with Crippen LogP contribution in [0.15, 0.2) is 35.0 Å². The van der Waals surface area contributed by atoms with Gasteiger partial charge in [0, 0.05) is 21.1 Å². The Kier molecular flexibility index (Phi) is 4.51.